The minimum Gasteiger partial charge on any atom is -0.337 e. The number of nitrogens with zero attached hydrogens (tertiary/aromatic N) is 1. The van der Waals surface area contributed by atoms with Gasteiger partial charge in [-0.1, -0.05) is 20.8 Å². The van der Waals surface area contributed by atoms with Crippen LogP contribution in [0.25, 0.3) is 0 Å². The average molecular weight is 260 g/mol. The Morgan fingerprint density at radius 2 is 2.19 bits per heavy atom. The van der Waals surface area contributed by atoms with Gasteiger partial charge in [0.1, 0.15) is 5.88 Å². The number of carbonyl (C=O) groups excluding carboxylic acids is 1. The molecule has 0 spiro atoms. The van der Waals surface area contributed by atoms with E-state index in [9.17, 15) is 4.79 Å². The standard InChI is InChI=1S/C12H18ClNOS/c1-12(2,3)9-14(11(15)6-13)7-10-4-5-16-8-10/h4-5,8H,6-7,9H2,1-3H3. The van der Waals surface area contributed by atoms with Crippen LogP contribution in [0.5, 0.6) is 0 Å². The largest absolute Gasteiger partial charge is 0.337 e. The minimum atomic E-state index is 0.00258. The van der Waals surface area contributed by atoms with Gasteiger partial charge in [0.15, 0.2) is 0 Å². The highest BCUT2D eigenvalue weighted by molar-refractivity contribution is 7.07. The smallest absolute Gasteiger partial charge is 0.237 e. The van der Waals surface area contributed by atoms with Gasteiger partial charge in [0.25, 0.3) is 0 Å². The monoisotopic (exact) mass is 259 g/mol. The Bertz CT molecular complexity index is 329. The molecule has 1 aromatic rings. The van der Waals surface area contributed by atoms with E-state index >= 15 is 0 Å². The second-order valence-corrected chi connectivity index (χ2v) is 6.12. The van der Waals surface area contributed by atoms with Gasteiger partial charge >= 0.3 is 0 Å². The van der Waals surface area contributed by atoms with Crippen molar-refractivity contribution in [1.82, 2.24) is 4.90 Å². The molecule has 0 N–H and O–H groups in total. The summed E-state index contributed by atoms with van der Waals surface area (Å²) < 4.78 is 0. The van der Waals surface area contributed by atoms with E-state index in [0.29, 0.717) is 6.54 Å². The van der Waals surface area contributed by atoms with Crippen molar-refractivity contribution in [1.29, 1.82) is 0 Å². The molecule has 0 aliphatic carbocycles. The number of hydrogen-bond donors (Lipinski definition) is 0. The van der Waals surface area contributed by atoms with Crippen molar-refractivity contribution in [2.75, 3.05) is 12.4 Å². The summed E-state index contributed by atoms with van der Waals surface area (Å²) in [6.07, 6.45) is 0. The zero-order chi connectivity index (χ0) is 12.2. The normalized spacial score (nSPS) is 11.5. The van der Waals surface area contributed by atoms with Crippen LogP contribution in [0.3, 0.4) is 0 Å². The van der Waals surface area contributed by atoms with Gasteiger partial charge in [-0.2, -0.15) is 11.3 Å². The number of rotatable bonds is 4. The molecule has 16 heavy (non-hydrogen) atoms. The number of carbonyl (C=O) groups is 1. The number of alkyl halides is 1. The maximum absolute atomic E-state index is 11.7. The Morgan fingerprint density at radius 3 is 2.62 bits per heavy atom. The molecule has 0 saturated heterocycles. The van der Waals surface area contributed by atoms with Crippen LogP contribution in [0.1, 0.15) is 26.3 Å². The Balaban J connectivity index is 2.68. The lowest BCUT2D eigenvalue weighted by Gasteiger charge is -2.29. The second-order valence-electron chi connectivity index (χ2n) is 5.08. The summed E-state index contributed by atoms with van der Waals surface area (Å²) in [5.74, 6) is 0.0584. The zero-order valence-electron chi connectivity index (χ0n) is 10.00. The molecule has 1 rings (SSSR count). The van der Waals surface area contributed by atoms with Gasteiger partial charge in [0, 0.05) is 13.1 Å². The molecule has 0 aliphatic rings. The third-order valence-electron chi connectivity index (χ3n) is 2.09. The van der Waals surface area contributed by atoms with Crippen molar-refractivity contribution in [3.8, 4) is 0 Å². The van der Waals surface area contributed by atoms with Crippen molar-refractivity contribution in [3.63, 3.8) is 0 Å². The fourth-order valence-corrected chi connectivity index (χ4v) is 2.32. The van der Waals surface area contributed by atoms with Gasteiger partial charge in [0.05, 0.1) is 0 Å². The molecular formula is C12H18ClNOS. The maximum atomic E-state index is 11.7. The topological polar surface area (TPSA) is 20.3 Å². The molecule has 0 saturated carbocycles. The van der Waals surface area contributed by atoms with E-state index in [1.54, 1.807) is 11.3 Å². The van der Waals surface area contributed by atoms with Crippen LogP contribution in [0.15, 0.2) is 16.8 Å². The quantitative estimate of drug-likeness (QED) is 0.760. The molecule has 2 nitrogen and oxygen atoms in total. The van der Waals surface area contributed by atoms with Crippen molar-refractivity contribution in [2.45, 2.75) is 27.3 Å². The van der Waals surface area contributed by atoms with Crippen LogP contribution in [0.4, 0.5) is 0 Å². The molecule has 0 bridgehead atoms. The third kappa shape index (κ3) is 4.54. The van der Waals surface area contributed by atoms with Crippen LogP contribution in [-0.2, 0) is 11.3 Å². The lowest BCUT2D eigenvalue weighted by Crippen LogP contribution is -2.37. The summed E-state index contributed by atoms with van der Waals surface area (Å²) in [6.45, 7) is 7.75. The number of halogens is 1. The lowest BCUT2D eigenvalue weighted by atomic mass is 9.96. The van der Waals surface area contributed by atoms with Crippen molar-refractivity contribution in [2.24, 2.45) is 5.41 Å². The number of amides is 1. The Hall–Kier alpha value is -0.540. The van der Waals surface area contributed by atoms with E-state index in [0.717, 1.165) is 6.54 Å². The van der Waals surface area contributed by atoms with Gasteiger partial charge in [-0.05, 0) is 27.8 Å². The van der Waals surface area contributed by atoms with E-state index in [4.69, 9.17) is 11.6 Å². The third-order valence-corrected chi connectivity index (χ3v) is 3.05. The van der Waals surface area contributed by atoms with Crippen LogP contribution >= 0.6 is 22.9 Å². The van der Waals surface area contributed by atoms with Crippen LogP contribution in [0.2, 0.25) is 0 Å². The molecule has 0 unspecified atom stereocenters. The molecule has 4 heteroatoms. The fraction of sp³-hybridized carbons (Fsp3) is 0.583. The molecule has 0 atom stereocenters. The predicted octanol–water partition coefficient (Wildman–Crippen LogP) is 3.36. The molecule has 1 amide bonds. The highest BCUT2D eigenvalue weighted by atomic mass is 35.5. The minimum absolute atomic E-state index is 0.00258. The first-order valence-electron chi connectivity index (χ1n) is 5.27. The van der Waals surface area contributed by atoms with Crippen LogP contribution in [0, 0.1) is 5.41 Å². The van der Waals surface area contributed by atoms with E-state index in [2.05, 4.69) is 26.2 Å². The summed E-state index contributed by atoms with van der Waals surface area (Å²) in [5.41, 5.74) is 1.27. The highest BCUT2D eigenvalue weighted by Crippen LogP contribution is 2.18. The molecule has 1 aromatic heterocycles. The van der Waals surface area contributed by atoms with E-state index in [1.807, 2.05) is 16.3 Å². The Morgan fingerprint density at radius 1 is 1.50 bits per heavy atom. The molecule has 90 valence electrons. The van der Waals surface area contributed by atoms with E-state index < -0.39 is 0 Å². The zero-order valence-corrected chi connectivity index (χ0v) is 11.6. The average Bonchev–Trinajstić information content (AvgIpc) is 2.66. The summed E-state index contributed by atoms with van der Waals surface area (Å²) in [6, 6.07) is 2.04. The molecule has 0 aromatic carbocycles. The van der Waals surface area contributed by atoms with Crippen molar-refractivity contribution < 1.29 is 4.79 Å². The summed E-state index contributed by atoms with van der Waals surface area (Å²) in [5, 5.41) is 4.09. The number of hydrogen-bond acceptors (Lipinski definition) is 2. The first-order chi connectivity index (χ1) is 7.42. The van der Waals surface area contributed by atoms with Crippen LogP contribution < -0.4 is 0 Å². The van der Waals surface area contributed by atoms with Gasteiger partial charge in [0.2, 0.25) is 5.91 Å². The maximum Gasteiger partial charge on any atom is 0.237 e. The van der Waals surface area contributed by atoms with E-state index in [-0.39, 0.29) is 17.2 Å². The predicted molar refractivity (Wildman–Crippen MR) is 69.9 cm³/mol. The number of thiophene rings is 1. The van der Waals surface area contributed by atoms with Crippen LogP contribution in [-0.4, -0.2) is 23.2 Å². The fourth-order valence-electron chi connectivity index (χ4n) is 1.49. The highest BCUT2D eigenvalue weighted by Gasteiger charge is 2.20. The summed E-state index contributed by atoms with van der Waals surface area (Å²) in [4.78, 5) is 13.5. The van der Waals surface area contributed by atoms with Gasteiger partial charge in [-0.3, -0.25) is 4.79 Å². The first kappa shape index (κ1) is 13.5. The van der Waals surface area contributed by atoms with Crippen molar-refractivity contribution in [3.05, 3.63) is 22.4 Å². The molecular weight excluding hydrogens is 242 g/mol. The second kappa shape index (κ2) is 5.69. The summed E-state index contributed by atoms with van der Waals surface area (Å²) >= 11 is 7.28. The molecule has 0 aliphatic heterocycles. The lowest BCUT2D eigenvalue weighted by molar-refractivity contribution is -0.130. The SMILES string of the molecule is CC(C)(C)CN(Cc1ccsc1)C(=O)CCl. The Labute approximate surface area is 106 Å². The Kier molecular flexibility index (Phi) is 4.81. The molecule has 0 fully saturated rings. The van der Waals surface area contributed by atoms with Gasteiger partial charge in [-0.15, -0.1) is 11.6 Å². The molecule has 0 radical (unpaired) electrons. The van der Waals surface area contributed by atoms with Crippen molar-refractivity contribution >= 4 is 28.8 Å². The molecule has 1 heterocycles. The summed E-state index contributed by atoms with van der Waals surface area (Å²) in [7, 11) is 0. The first-order valence-corrected chi connectivity index (χ1v) is 6.75. The van der Waals surface area contributed by atoms with Gasteiger partial charge in [-0.25, -0.2) is 0 Å². The van der Waals surface area contributed by atoms with Gasteiger partial charge < -0.3 is 4.90 Å². The van der Waals surface area contributed by atoms with E-state index in [1.165, 1.54) is 5.56 Å².